The van der Waals surface area contributed by atoms with Crippen LogP contribution in [0, 0.1) is 0 Å². The van der Waals surface area contributed by atoms with Crippen LogP contribution in [0.5, 0.6) is 11.5 Å². The smallest absolute Gasteiger partial charge is 0.325 e. The van der Waals surface area contributed by atoms with Crippen molar-refractivity contribution < 1.29 is 32.3 Å². The molecule has 4 amide bonds. The molecule has 0 aromatic heterocycles. The summed E-state index contributed by atoms with van der Waals surface area (Å²) in [5.74, 6) is -0.536. The summed E-state index contributed by atoms with van der Waals surface area (Å²) < 4.78 is 39.1. The van der Waals surface area contributed by atoms with Gasteiger partial charge in [0.05, 0.1) is 14.2 Å². The van der Waals surface area contributed by atoms with Gasteiger partial charge in [-0.1, -0.05) is 24.3 Å². The van der Waals surface area contributed by atoms with Crippen LogP contribution in [0.25, 0.3) is 0 Å². The number of amides is 4. The Morgan fingerprint density at radius 1 is 1.00 bits per heavy atom. The molecule has 11 nitrogen and oxygen atoms in total. The molecule has 2 aliphatic rings. The first-order chi connectivity index (χ1) is 18.7. The third-order valence-corrected chi connectivity index (χ3v) is 8.21. The maximum Gasteiger partial charge on any atom is 0.325 e. The highest BCUT2D eigenvalue weighted by Gasteiger charge is 2.55. The molecule has 1 heterocycles. The second-order valence-electron chi connectivity index (χ2n) is 9.13. The minimum Gasteiger partial charge on any atom is -0.497 e. The molecule has 1 spiro atoms. The maximum absolute atomic E-state index is 13.3. The van der Waals surface area contributed by atoms with E-state index in [9.17, 15) is 22.8 Å². The summed E-state index contributed by atoms with van der Waals surface area (Å²) in [6, 6.07) is 17.1. The Kier molecular flexibility index (Phi) is 6.64. The SMILES string of the molecule is COc1ccc(NS(=O)(=O)c2cc(NC(=O)CN3C(=O)N[C@@]4(CCc5ccccc54)C3=O)ccc2OC)cc1. The van der Waals surface area contributed by atoms with Crippen molar-refractivity contribution in [1.82, 2.24) is 10.2 Å². The minimum atomic E-state index is -4.11. The topological polar surface area (TPSA) is 143 Å². The Hall–Kier alpha value is -4.58. The largest absolute Gasteiger partial charge is 0.497 e. The number of methoxy groups -OCH3 is 2. The Morgan fingerprint density at radius 2 is 1.72 bits per heavy atom. The first kappa shape index (κ1) is 26.0. The lowest BCUT2D eigenvalue weighted by Gasteiger charge is -2.22. The number of anilines is 2. The molecule has 39 heavy (non-hydrogen) atoms. The van der Waals surface area contributed by atoms with Gasteiger partial charge in [-0.3, -0.25) is 19.2 Å². The van der Waals surface area contributed by atoms with Gasteiger partial charge >= 0.3 is 6.03 Å². The molecule has 1 aliphatic heterocycles. The predicted molar refractivity (Wildman–Crippen MR) is 142 cm³/mol. The average molecular weight is 551 g/mol. The first-order valence-corrected chi connectivity index (χ1v) is 13.5. The number of aryl methyl sites for hydroxylation is 1. The number of rotatable bonds is 8. The van der Waals surface area contributed by atoms with Gasteiger partial charge in [-0.25, -0.2) is 13.2 Å². The molecule has 5 rings (SSSR count). The lowest BCUT2D eigenvalue weighted by atomic mass is 9.92. The van der Waals surface area contributed by atoms with Crippen LogP contribution in [0.1, 0.15) is 17.5 Å². The van der Waals surface area contributed by atoms with Crippen molar-refractivity contribution in [3.05, 3.63) is 77.9 Å². The van der Waals surface area contributed by atoms with Gasteiger partial charge in [-0.15, -0.1) is 0 Å². The summed E-state index contributed by atoms with van der Waals surface area (Å²) in [6.45, 7) is -0.535. The highest BCUT2D eigenvalue weighted by molar-refractivity contribution is 7.92. The molecule has 0 unspecified atom stereocenters. The van der Waals surface area contributed by atoms with E-state index in [1.54, 1.807) is 30.3 Å². The summed E-state index contributed by atoms with van der Waals surface area (Å²) in [5.41, 5.74) is 0.980. The molecule has 3 aromatic carbocycles. The van der Waals surface area contributed by atoms with E-state index in [4.69, 9.17) is 9.47 Å². The van der Waals surface area contributed by atoms with Crippen LogP contribution in [-0.2, 0) is 31.6 Å². The number of nitrogens with zero attached hydrogens (tertiary/aromatic N) is 1. The van der Waals surface area contributed by atoms with Crippen molar-refractivity contribution in [1.29, 1.82) is 0 Å². The Labute approximate surface area is 225 Å². The highest BCUT2D eigenvalue weighted by Crippen LogP contribution is 2.41. The van der Waals surface area contributed by atoms with E-state index in [-0.39, 0.29) is 16.3 Å². The fourth-order valence-corrected chi connectivity index (χ4v) is 6.17. The number of carbonyl (C=O) groups excluding carboxylic acids is 3. The van der Waals surface area contributed by atoms with Gasteiger partial charge in [0.2, 0.25) is 5.91 Å². The van der Waals surface area contributed by atoms with E-state index < -0.39 is 40.0 Å². The molecule has 3 aromatic rings. The van der Waals surface area contributed by atoms with Crippen molar-refractivity contribution in [3.8, 4) is 11.5 Å². The summed E-state index contributed by atoms with van der Waals surface area (Å²) in [6.07, 6.45) is 1.05. The molecule has 0 bridgehead atoms. The average Bonchev–Trinajstić information content (AvgIpc) is 3.41. The standard InChI is InChI=1S/C27H26N4O7S/c1-37-20-10-7-18(8-11-20)30-39(35,36)23-15-19(9-12-22(23)38-2)28-24(32)16-31-25(33)27(29-26(31)34)14-13-17-5-3-4-6-21(17)27/h3-12,15,30H,13-14,16H2,1-2H3,(H,28,32)(H,29,34)/t27-/m1/s1. The zero-order chi connectivity index (χ0) is 27.8. The summed E-state index contributed by atoms with van der Waals surface area (Å²) in [7, 11) is -1.28. The number of fused-ring (bicyclic) bond motifs is 2. The van der Waals surface area contributed by atoms with Crippen LogP contribution < -0.4 is 24.8 Å². The molecular formula is C27H26N4O7S. The molecule has 1 fully saturated rings. The van der Waals surface area contributed by atoms with Crippen LogP contribution in [0.15, 0.2) is 71.6 Å². The molecule has 0 radical (unpaired) electrons. The van der Waals surface area contributed by atoms with Crippen molar-refractivity contribution >= 4 is 39.2 Å². The fourth-order valence-electron chi connectivity index (χ4n) is 4.91. The van der Waals surface area contributed by atoms with Crippen molar-refractivity contribution in [2.75, 3.05) is 30.8 Å². The van der Waals surface area contributed by atoms with Gasteiger partial charge in [0.1, 0.15) is 28.5 Å². The molecule has 1 aliphatic carbocycles. The third kappa shape index (κ3) is 4.74. The van der Waals surface area contributed by atoms with E-state index >= 15 is 0 Å². The summed E-state index contributed by atoms with van der Waals surface area (Å²) in [4.78, 5) is 39.6. The van der Waals surface area contributed by atoms with Crippen LogP contribution in [-0.4, -0.2) is 51.9 Å². The zero-order valence-electron chi connectivity index (χ0n) is 21.2. The number of ether oxygens (including phenoxy) is 2. The third-order valence-electron chi connectivity index (χ3n) is 6.80. The number of nitrogens with one attached hydrogen (secondary N) is 3. The van der Waals surface area contributed by atoms with Gasteiger partial charge in [0, 0.05) is 11.4 Å². The van der Waals surface area contributed by atoms with Crippen LogP contribution >= 0.6 is 0 Å². The Bertz CT molecular complexity index is 1570. The number of hydrogen-bond acceptors (Lipinski definition) is 7. The fraction of sp³-hybridized carbons (Fsp3) is 0.222. The number of imide groups is 1. The Balaban J connectivity index is 1.32. The minimum absolute atomic E-state index is 0.0601. The predicted octanol–water partition coefficient (Wildman–Crippen LogP) is 2.84. The van der Waals surface area contributed by atoms with E-state index in [0.29, 0.717) is 24.3 Å². The second kappa shape index (κ2) is 9.95. The second-order valence-corrected chi connectivity index (χ2v) is 10.8. The van der Waals surface area contributed by atoms with Gasteiger partial charge in [-0.2, -0.15) is 0 Å². The zero-order valence-corrected chi connectivity index (χ0v) is 22.0. The Morgan fingerprint density at radius 3 is 2.44 bits per heavy atom. The van der Waals surface area contributed by atoms with E-state index in [1.165, 1.54) is 32.4 Å². The van der Waals surface area contributed by atoms with E-state index in [0.717, 1.165) is 16.0 Å². The van der Waals surface area contributed by atoms with Gasteiger partial charge in [0.15, 0.2) is 0 Å². The lowest BCUT2D eigenvalue weighted by Crippen LogP contribution is -2.43. The van der Waals surface area contributed by atoms with Crippen molar-refractivity contribution in [3.63, 3.8) is 0 Å². The maximum atomic E-state index is 13.3. The summed E-state index contributed by atoms with van der Waals surface area (Å²) in [5, 5.41) is 5.35. The van der Waals surface area contributed by atoms with Gasteiger partial charge < -0.3 is 20.1 Å². The number of carbonyl (C=O) groups is 3. The van der Waals surface area contributed by atoms with Crippen LogP contribution in [0.4, 0.5) is 16.2 Å². The molecule has 3 N–H and O–H groups in total. The van der Waals surface area contributed by atoms with Crippen LogP contribution in [0.2, 0.25) is 0 Å². The van der Waals surface area contributed by atoms with Crippen molar-refractivity contribution in [2.45, 2.75) is 23.3 Å². The number of hydrogen-bond donors (Lipinski definition) is 3. The molecule has 1 saturated heterocycles. The molecule has 12 heteroatoms. The first-order valence-electron chi connectivity index (χ1n) is 12.0. The molecular weight excluding hydrogens is 524 g/mol. The number of benzene rings is 3. The quantitative estimate of drug-likeness (QED) is 0.366. The monoisotopic (exact) mass is 550 g/mol. The molecule has 0 saturated carbocycles. The van der Waals surface area contributed by atoms with Gasteiger partial charge in [-0.05, 0) is 66.4 Å². The molecule has 202 valence electrons. The summed E-state index contributed by atoms with van der Waals surface area (Å²) >= 11 is 0. The lowest BCUT2D eigenvalue weighted by molar-refractivity contribution is -0.134. The van der Waals surface area contributed by atoms with E-state index in [1.807, 2.05) is 18.2 Å². The van der Waals surface area contributed by atoms with Crippen molar-refractivity contribution in [2.24, 2.45) is 0 Å². The molecule has 1 atom stereocenters. The van der Waals surface area contributed by atoms with Crippen LogP contribution in [0.3, 0.4) is 0 Å². The van der Waals surface area contributed by atoms with Gasteiger partial charge in [0.25, 0.3) is 15.9 Å². The number of urea groups is 1. The van der Waals surface area contributed by atoms with E-state index in [2.05, 4.69) is 15.4 Å². The highest BCUT2D eigenvalue weighted by atomic mass is 32.2. The normalized spacial score (nSPS) is 18.1. The number of sulfonamides is 1.